The molecule has 0 unspecified atom stereocenters. The molecular weight excluding hydrogens is 340 g/mol. The van der Waals surface area contributed by atoms with Crippen LogP contribution >= 0.6 is 0 Å². The van der Waals surface area contributed by atoms with Gasteiger partial charge >= 0.3 is 0 Å². The summed E-state index contributed by atoms with van der Waals surface area (Å²) in [6.07, 6.45) is 23.7. The Morgan fingerprint density at radius 2 is 1.25 bits per heavy atom. The van der Waals surface area contributed by atoms with E-state index >= 15 is 0 Å². The van der Waals surface area contributed by atoms with E-state index in [1.165, 1.54) is 101 Å². The molecule has 2 aromatic rings. The molecule has 0 N–H and O–H groups in total. The quantitative estimate of drug-likeness (QED) is 0.211. The van der Waals surface area contributed by atoms with E-state index in [1.807, 2.05) is 0 Å². The van der Waals surface area contributed by atoms with Crippen LogP contribution in [0.3, 0.4) is 0 Å². The van der Waals surface area contributed by atoms with E-state index in [1.54, 1.807) is 0 Å². The molecule has 0 radical (unpaired) electrons. The number of rotatable bonds is 16. The first-order valence-electron chi connectivity index (χ1n) is 12.0. The van der Waals surface area contributed by atoms with Gasteiger partial charge in [0.05, 0.1) is 6.54 Å². The van der Waals surface area contributed by atoms with Gasteiger partial charge in [-0.2, -0.15) is 4.57 Å². The molecule has 0 aliphatic carbocycles. The fraction of sp³-hybridized carbons (Fsp3) is 0.654. The number of hydrogen-bond acceptors (Lipinski definition) is 0. The lowest BCUT2D eigenvalue weighted by Gasteiger charge is -2.06. The van der Waals surface area contributed by atoms with Crippen LogP contribution in [0, 0.1) is 0 Å². The van der Waals surface area contributed by atoms with Crippen molar-refractivity contribution in [3.05, 3.63) is 48.5 Å². The molecule has 0 aliphatic heterocycles. The zero-order chi connectivity index (χ0) is 19.9. The molecule has 0 saturated heterocycles. The van der Waals surface area contributed by atoms with E-state index < -0.39 is 0 Å². The van der Waals surface area contributed by atoms with Gasteiger partial charge < -0.3 is 0 Å². The van der Waals surface area contributed by atoms with Crippen molar-refractivity contribution in [2.75, 3.05) is 0 Å². The minimum atomic E-state index is 1.14. The second-order valence-corrected chi connectivity index (χ2v) is 8.25. The summed E-state index contributed by atoms with van der Waals surface area (Å²) < 4.78 is 4.87. The second kappa shape index (κ2) is 14.4. The van der Waals surface area contributed by atoms with Crippen molar-refractivity contribution in [2.24, 2.45) is 0 Å². The molecule has 1 heterocycles. The van der Waals surface area contributed by atoms with Crippen LogP contribution in [0.5, 0.6) is 0 Å². The van der Waals surface area contributed by atoms with E-state index in [-0.39, 0.29) is 0 Å². The normalized spacial score (nSPS) is 11.2. The lowest BCUT2D eigenvalue weighted by molar-refractivity contribution is -0.703. The molecule has 0 atom stereocenters. The zero-order valence-corrected chi connectivity index (χ0v) is 18.5. The van der Waals surface area contributed by atoms with E-state index in [0.29, 0.717) is 0 Å². The van der Waals surface area contributed by atoms with Gasteiger partial charge in [-0.3, -0.25) is 0 Å². The van der Waals surface area contributed by atoms with Crippen molar-refractivity contribution < 1.29 is 4.57 Å². The van der Waals surface area contributed by atoms with Gasteiger partial charge in [-0.25, -0.2) is 4.57 Å². The maximum absolute atomic E-state index is 2.48. The van der Waals surface area contributed by atoms with E-state index in [2.05, 4.69) is 65.7 Å². The number of nitrogens with zero attached hydrogens (tertiary/aromatic N) is 2. The Balaban J connectivity index is 1.72. The molecule has 1 aromatic carbocycles. The summed E-state index contributed by atoms with van der Waals surface area (Å²) in [4.78, 5) is 0. The Hall–Kier alpha value is -1.57. The van der Waals surface area contributed by atoms with Crippen molar-refractivity contribution in [2.45, 2.75) is 110 Å². The SMILES string of the molecule is CCCCCCCCCCCCCc1n(-c2ccccc2)cc[n+]1CCCC. The summed E-state index contributed by atoms with van der Waals surface area (Å²) in [5.74, 6) is 1.47. The van der Waals surface area contributed by atoms with E-state index in [0.717, 1.165) is 6.54 Å². The Kier molecular flexibility index (Phi) is 11.7. The fourth-order valence-electron chi connectivity index (χ4n) is 4.02. The van der Waals surface area contributed by atoms with Crippen molar-refractivity contribution in [1.29, 1.82) is 0 Å². The first kappa shape index (κ1) is 22.7. The highest BCUT2D eigenvalue weighted by atomic mass is 15.1. The third kappa shape index (κ3) is 8.20. The summed E-state index contributed by atoms with van der Waals surface area (Å²) >= 11 is 0. The van der Waals surface area contributed by atoms with E-state index in [4.69, 9.17) is 0 Å². The summed E-state index contributed by atoms with van der Waals surface area (Å²) in [5, 5.41) is 0. The standard InChI is InChI=1S/C26H43N2/c1-3-5-7-8-9-10-11-12-13-14-18-21-26-27(22-6-4-2)23-24-28(26)25-19-16-15-17-20-25/h15-17,19-20,23-24H,3-14,18,21-22H2,1-2H3/q+1. The predicted octanol–water partition coefficient (Wildman–Crippen LogP) is 7.42. The highest BCUT2D eigenvalue weighted by Gasteiger charge is 2.17. The molecule has 1 aromatic heterocycles. The Morgan fingerprint density at radius 3 is 1.86 bits per heavy atom. The van der Waals surface area contributed by atoms with E-state index in [9.17, 15) is 0 Å². The monoisotopic (exact) mass is 383 g/mol. The fourth-order valence-corrected chi connectivity index (χ4v) is 4.02. The number of imidazole rings is 1. The highest BCUT2D eigenvalue weighted by Crippen LogP contribution is 2.15. The topological polar surface area (TPSA) is 8.81 Å². The van der Waals surface area contributed by atoms with Crippen molar-refractivity contribution in [3.8, 4) is 5.69 Å². The molecule has 2 nitrogen and oxygen atoms in total. The van der Waals surface area contributed by atoms with Gasteiger partial charge in [0, 0.05) is 6.42 Å². The van der Waals surface area contributed by atoms with Crippen LogP contribution in [0.15, 0.2) is 42.7 Å². The summed E-state index contributed by atoms with van der Waals surface area (Å²) in [6, 6.07) is 10.8. The molecule has 0 fully saturated rings. The smallest absolute Gasteiger partial charge is 0.234 e. The second-order valence-electron chi connectivity index (χ2n) is 8.25. The first-order valence-corrected chi connectivity index (χ1v) is 12.0. The van der Waals surface area contributed by atoms with Crippen LogP contribution < -0.4 is 4.57 Å². The van der Waals surface area contributed by atoms with Crippen LogP contribution in [0.2, 0.25) is 0 Å². The van der Waals surface area contributed by atoms with Gasteiger partial charge in [0.15, 0.2) is 0 Å². The molecule has 0 saturated carbocycles. The average Bonchev–Trinajstić information content (AvgIpc) is 3.13. The van der Waals surface area contributed by atoms with Gasteiger partial charge in [0.1, 0.15) is 18.1 Å². The minimum Gasteiger partial charge on any atom is -0.234 e. The summed E-state index contributed by atoms with van der Waals surface area (Å²) in [5.41, 5.74) is 1.29. The van der Waals surface area contributed by atoms with Crippen LogP contribution in [-0.4, -0.2) is 4.57 Å². The van der Waals surface area contributed by atoms with Gasteiger partial charge in [0.25, 0.3) is 5.82 Å². The Bertz CT molecular complexity index is 615. The number of para-hydroxylation sites is 1. The van der Waals surface area contributed by atoms with Crippen LogP contribution in [0.25, 0.3) is 5.69 Å². The van der Waals surface area contributed by atoms with Gasteiger partial charge in [-0.15, -0.1) is 0 Å². The number of hydrogen-bond donors (Lipinski definition) is 0. The molecule has 2 heteroatoms. The third-order valence-electron chi connectivity index (χ3n) is 5.80. The molecule has 0 aliphatic rings. The Labute approximate surface area is 174 Å². The predicted molar refractivity (Wildman–Crippen MR) is 121 cm³/mol. The largest absolute Gasteiger partial charge is 0.261 e. The summed E-state index contributed by atoms with van der Waals surface area (Å²) in [6.45, 7) is 5.71. The van der Waals surface area contributed by atoms with Crippen molar-refractivity contribution >= 4 is 0 Å². The molecule has 0 amide bonds. The first-order chi connectivity index (χ1) is 13.9. The number of aryl methyl sites for hydroxylation is 1. The van der Waals surface area contributed by atoms with Gasteiger partial charge in [0.2, 0.25) is 0 Å². The molecule has 28 heavy (non-hydrogen) atoms. The van der Waals surface area contributed by atoms with Gasteiger partial charge in [-0.05, 0) is 25.0 Å². The van der Waals surface area contributed by atoms with Crippen LogP contribution in [-0.2, 0) is 13.0 Å². The third-order valence-corrected chi connectivity index (χ3v) is 5.80. The Morgan fingerprint density at radius 1 is 0.679 bits per heavy atom. The minimum absolute atomic E-state index is 1.14. The average molecular weight is 384 g/mol. The molecule has 0 spiro atoms. The van der Waals surface area contributed by atoms with Crippen molar-refractivity contribution in [3.63, 3.8) is 0 Å². The van der Waals surface area contributed by atoms with Crippen LogP contribution in [0.1, 0.15) is 103 Å². The maximum Gasteiger partial charge on any atom is 0.261 e. The van der Waals surface area contributed by atoms with Crippen LogP contribution in [0.4, 0.5) is 0 Å². The lowest BCUT2D eigenvalue weighted by Crippen LogP contribution is -2.37. The lowest BCUT2D eigenvalue weighted by atomic mass is 10.1. The van der Waals surface area contributed by atoms with Crippen molar-refractivity contribution in [1.82, 2.24) is 4.57 Å². The zero-order valence-electron chi connectivity index (χ0n) is 18.5. The molecule has 156 valence electrons. The molecule has 2 rings (SSSR count). The maximum atomic E-state index is 2.48. The summed E-state index contributed by atoms with van der Waals surface area (Å²) in [7, 11) is 0. The van der Waals surface area contributed by atoms with Gasteiger partial charge in [-0.1, -0.05) is 103 Å². The molecule has 0 bridgehead atoms. The highest BCUT2D eigenvalue weighted by molar-refractivity contribution is 5.31. The number of aromatic nitrogens is 2. The number of unbranched alkanes of at least 4 members (excludes halogenated alkanes) is 11. The molecular formula is C26H43N2+. The number of benzene rings is 1.